The number of ether oxygens (including phenoxy) is 2. The van der Waals surface area contributed by atoms with E-state index in [1.54, 1.807) is 43.1 Å². The van der Waals surface area contributed by atoms with Crippen molar-refractivity contribution in [3.05, 3.63) is 65.5 Å². The number of likely N-dealkylation sites (N-methyl/N-ethyl adjacent to an activating group) is 1. The zero-order chi connectivity index (χ0) is 30.6. The highest BCUT2D eigenvalue weighted by Gasteiger charge is 2.25. The second-order valence-electron chi connectivity index (χ2n) is 11.2. The first-order valence-electron chi connectivity index (χ1n) is 13.7. The summed E-state index contributed by atoms with van der Waals surface area (Å²) in [6.07, 6.45) is 1.64. The molecule has 0 radical (unpaired) electrons. The molecule has 11 nitrogen and oxygen atoms in total. The third kappa shape index (κ3) is 6.63. The summed E-state index contributed by atoms with van der Waals surface area (Å²) >= 11 is 0. The number of aryl methyl sites for hydroxylation is 1. The molecule has 4 aromatic rings. The summed E-state index contributed by atoms with van der Waals surface area (Å²) < 4.78 is 13.6. The molecule has 4 rings (SSSR count). The van der Waals surface area contributed by atoms with Crippen molar-refractivity contribution in [3.63, 3.8) is 0 Å². The normalized spacial score (nSPS) is 11.5. The molecule has 0 bridgehead atoms. The van der Waals surface area contributed by atoms with Crippen molar-refractivity contribution in [2.75, 3.05) is 52.0 Å². The molecular weight excluding hydrogens is 534 g/mol. The lowest BCUT2D eigenvalue weighted by Gasteiger charge is -2.23. The van der Waals surface area contributed by atoms with E-state index in [0.717, 1.165) is 23.0 Å². The van der Waals surface area contributed by atoms with Crippen molar-refractivity contribution >= 4 is 34.4 Å². The van der Waals surface area contributed by atoms with Crippen LogP contribution in [0.4, 0.5) is 11.6 Å². The van der Waals surface area contributed by atoms with Gasteiger partial charge in [-0.3, -0.25) is 9.59 Å². The van der Waals surface area contributed by atoms with E-state index in [1.807, 2.05) is 59.1 Å². The average Bonchev–Trinajstić information content (AvgIpc) is 3.29. The van der Waals surface area contributed by atoms with Crippen molar-refractivity contribution in [2.24, 2.45) is 7.05 Å². The molecule has 0 aliphatic carbocycles. The maximum absolute atomic E-state index is 13.7. The van der Waals surface area contributed by atoms with Gasteiger partial charge in [0.25, 0.3) is 11.8 Å². The lowest BCUT2D eigenvalue weighted by Crippen LogP contribution is -2.23. The fourth-order valence-corrected chi connectivity index (χ4v) is 4.53. The second-order valence-corrected chi connectivity index (χ2v) is 11.2. The summed E-state index contributed by atoms with van der Waals surface area (Å²) in [4.78, 5) is 37.2. The number of benzene rings is 2. The Morgan fingerprint density at radius 3 is 2.50 bits per heavy atom. The lowest BCUT2D eigenvalue weighted by atomic mass is 9.85. The van der Waals surface area contributed by atoms with Gasteiger partial charge in [-0.25, -0.2) is 4.98 Å². The molecule has 3 N–H and O–H groups in total. The fourth-order valence-electron chi connectivity index (χ4n) is 4.53. The molecule has 11 heteroatoms. The molecule has 42 heavy (non-hydrogen) atoms. The topological polar surface area (TPSA) is 123 Å². The van der Waals surface area contributed by atoms with Crippen LogP contribution in [-0.2, 0) is 12.5 Å². The van der Waals surface area contributed by atoms with Gasteiger partial charge >= 0.3 is 0 Å². The maximum atomic E-state index is 13.7. The number of hydrogen-bond donors (Lipinski definition) is 3. The van der Waals surface area contributed by atoms with Gasteiger partial charge in [-0.1, -0.05) is 32.9 Å². The van der Waals surface area contributed by atoms with E-state index in [2.05, 4.69) is 30.8 Å². The molecule has 222 valence electrons. The minimum absolute atomic E-state index is 0.275. The maximum Gasteiger partial charge on any atom is 0.272 e. The van der Waals surface area contributed by atoms with Gasteiger partial charge in [0.1, 0.15) is 5.69 Å². The van der Waals surface area contributed by atoms with E-state index < -0.39 is 0 Å². The number of aromatic nitrogens is 3. The van der Waals surface area contributed by atoms with Gasteiger partial charge in [0.2, 0.25) is 11.8 Å². The minimum Gasteiger partial charge on any atom is -0.494 e. The standard InChI is InChI=1S/C31H39N7O4/c1-31(2,3)20-17-21(28(39)32-4)27(41-8)22(18-20)35-29(40)23-16-19-10-9-11-24(26(19)38(23)7)42-25-12-13-33-30(36-25)34-14-15-37(5)6/h9-13,16-18H,14-15H2,1-8H3,(H,32,39)(H,35,40)(H,33,34,36). The van der Waals surface area contributed by atoms with Crippen molar-refractivity contribution in [1.29, 1.82) is 0 Å². The molecule has 0 aliphatic rings. The molecule has 2 amide bonds. The van der Waals surface area contributed by atoms with Gasteiger partial charge in [-0.15, -0.1) is 0 Å². The van der Waals surface area contributed by atoms with E-state index in [-0.39, 0.29) is 23.0 Å². The van der Waals surface area contributed by atoms with Gasteiger partial charge in [0, 0.05) is 44.8 Å². The first-order chi connectivity index (χ1) is 19.9. The van der Waals surface area contributed by atoms with Crippen molar-refractivity contribution in [1.82, 2.24) is 24.8 Å². The van der Waals surface area contributed by atoms with Crippen molar-refractivity contribution in [3.8, 4) is 17.4 Å². The predicted octanol–water partition coefficient (Wildman–Crippen LogP) is 4.65. The van der Waals surface area contributed by atoms with E-state index in [0.29, 0.717) is 41.1 Å². The number of nitrogens with zero attached hydrogens (tertiary/aromatic N) is 4. The summed E-state index contributed by atoms with van der Waals surface area (Å²) in [6.45, 7) is 7.65. The zero-order valence-electron chi connectivity index (χ0n) is 25.5. The number of methoxy groups -OCH3 is 1. The van der Waals surface area contributed by atoms with Crippen LogP contribution >= 0.6 is 0 Å². The van der Waals surface area contributed by atoms with Gasteiger partial charge in [-0.2, -0.15) is 4.98 Å². The van der Waals surface area contributed by atoms with Crippen LogP contribution in [0.5, 0.6) is 17.4 Å². The number of rotatable bonds is 10. The molecule has 0 saturated heterocycles. The predicted molar refractivity (Wildman–Crippen MR) is 165 cm³/mol. The van der Waals surface area contributed by atoms with Gasteiger partial charge in [0.05, 0.1) is 23.9 Å². The number of anilines is 2. The van der Waals surface area contributed by atoms with Crippen molar-refractivity contribution < 1.29 is 19.1 Å². The molecule has 0 atom stereocenters. The lowest BCUT2D eigenvalue weighted by molar-refractivity contribution is 0.0957. The summed E-state index contributed by atoms with van der Waals surface area (Å²) in [5, 5.41) is 9.64. The molecule has 0 fully saturated rings. The Labute approximate surface area is 246 Å². The molecular formula is C31H39N7O4. The number of nitrogens with one attached hydrogen (secondary N) is 3. The minimum atomic E-state index is -0.360. The van der Waals surface area contributed by atoms with E-state index in [1.165, 1.54) is 7.11 Å². The fraction of sp³-hybridized carbons (Fsp3) is 0.355. The summed E-state index contributed by atoms with van der Waals surface area (Å²) in [5.41, 5.74) is 2.49. The third-order valence-corrected chi connectivity index (χ3v) is 6.82. The summed E-state index contributed by atoms with van der Waals surface area (Å²) in [6, 6.07) is 12.7. The van der Waals surface area contributed by atoms with Crippen LogP contribution in [0.3, 0.4) is 0 Å². The van der Waals surface area contributed by atoms with Gasteiger partial charge in [-0.05, 0) is 49.3 Å². The Morgan fingerprint density at radius 1 is 1.07 bits per heavy atom. The van der Waals surface area contributed by atoms with E-state index in [4.69, 9.17) is 9.47 Å². The number of carbonyl (C=O) groups excluding carboxylic acids is 2. The van der Waals surface area contributed by atoms with Crippen LogP contribution in [0.15, 0.2) is 48.7 Å². The molecule has 2 aromatic heterocycles. The first kappa shape index (κ1) is 30.3. The SMILES string of the molecule is CNC(=O)c1cc(C(C)(C)C)cc(NC(=O)c2cc3cccc(Oc4ccnc(NCCN(C)C)n4)c3n2C)c1OC. The largest absolute Gasteiger partial charge is 0.494 e. The van der Waals surface area contributed by atoms with Gasteiger partial charge in [0.15, 0.2) is 11.5 Å². The third-order valence-electron chi connectivity index (χ3n) is 6.82. The Kier molecular flexibility index (Phi) is 9.01. The van der Waals surface area contributed by atoms with Crippen LogP contribution < -0.4 is 25.4 Å². The Balaban J connectivity index is 1.66. The van der Waals surface area contributed by atoms with Crippen LogP contribution in [0.25, 0.3) is 10.9 Å². The average molecular weight is 574 g/mol. The zero-order valence-corrected chi connectivity index (χ0v) is 25.5. The Morgan fingerprint density at radius 2 is 1.83 bits per heavy atom. The molecule has 0 saturated carbocycles. The number of hydrogen-bond acceptors (Lipinski definition) is 8. The Bertz CT molecular complexity index is 1610. The number of fused-ring (bicyclic) bond motifs is 1. The van der Waals surface area contributed by atoms with Crippen LogP contribution in [0, 0.1) is 0 Å². The van der Waals surface area contributed by atoms with Crippen LogP contribution in [0.2, 0.25) is 0 Å². The Hall–Kier alpha value is -4.64. The molecule has 2 aromatic carbocycles. The highest BCUT2D eigenvalue weighted by molar-refractivity contribution is 6.09. The highest BCUT2D eigenvalue weighted by Crippen LogP contribution is 2.36. The van der Waals surface area contributed by atoms with E-state index >= 15 is 0 Å². The van der Waals surface area contributed by atoms with Crippen molar-refractivity contribution in [2.45, 2.75) is 26.2 Å². The molecule has 0 unspecified atom stereocenters. The second kappa shape index (κ2) is 12.5. The van der Waals surface area contributed by atoms with E-state index in [9.17, 15) is 9.59 Å². The first-order valence-corrected chi connectivity index (χ1v) is 13.7. The summed E-state index contributed by atoms with van der Waals surface area (Å²) in [7, 11) is 8.84. The van der Waals surface area contributed by atoms with Crippen LogP contribution in [-0.4, -0.2) is 72.6 Å². The number of carbonyl (C=O) groups is 2. The smallest absolute Gasteiger partial charge is 0.272 e. The quantitative estimate of drug-likeness (QED) is 0.251. The molecule has 0 aliphatic heterocycles. The monoisotopic (exact) mass is 573 g/mol. The summed E-state index contributed by atoms with van der Waals surface area (Å²) in [5.74, 6) is 1.01. The van der Waals surface area contributed by atoms with Crippen LogP contribution in [0.1, 0.15) is 47.2 Å². The number of para-hydroxylation sites is 1. The molecule has 2 heterocycles. The van der Waals surface area contributed by atoms with Gasteiger partial charge < -0.3 is 34.9 Å². The highest BCUT2D eigenvalue weighted by atomic mass is 16.5. The molecule has 0 spiro atoms. The number of amides is 2.